The van der Waals surface area contributed by atoms with Crippen LogP contribution in [0.1, 0.15) is 5.56 Å². The van der Waals surface area contributed by atoms with Gasteiger partial charge in [-0.3, -0.25) is 0 Å². The number of aryl methyl sites for hydroxylation is 1. The largest absolute Gasteiger partial charge is 0.305 e. The number of benzene rings is 2. The van der Waals surface area contributed by atoms with Crippen molar-refractivity contribution in [1.29, 1.82) is 0 Å². The number of hydrogen-bond donors (Lipinski definition) is 2. The molecule has 8 heteroatoms. The van der Waals surface area contributed by atoms with Crippen LogP contribution in [0.2, 0.25) is 0 Å². The summed E-state index contributed by atoms with van der Waals surface area (Å²) in [5, 5.41) is 8.63. The van der Waals surface area contributed by atoms with Gasteiger partial charge in [0, 0.05) is 9.86 Å². The van der Waals surface area contributed by atoms with Gasteiger partial charge in [0.2, 0.25) is 0 Å². The Morgan fingerprint density at radius 1 is 1.09 bits per heavy atom. The van der Waals surface area contributed by atoms with Crippen molar-refractivity contribution < 1.29 is 8.42 Å². The van der Waals surface area contributed by atoms with Gasteiger partial charge >= 0.3 is 0 Å². The Labute approximate surface area is 142 Å². The average molecular weight is 393 g/mol. The van der Waals surface area contributed by atoms with Gasteiger partial charge in [0.15, 0.2) is 0 Å². The van der Waals surface area contributed by atoms with E-state index >= 15 is 0 Å². The van der Waals surface area contributed by atoms with Crippen molar-refractivity contribution in [3.63, 3.8) is 0 Å². The monoisotopic (exact) mass is 392 g/mol. The predicted octanol–water partition coefficient (Wildman–Crippen LogP) is 3.01. The minimum absolute atomic E-state index is 0.181. The molecule has 0 aliphatic carbocycles. The normalized spacial score (nSPS) is 11.6. The Bertz CT molecular complexity index is 954. The first-order valence-corrected chi connectivity index (χ1v) is 8.99. The summed E-state index contributed by atoms with van der Waals surface area (Å²) >= 11 is 3.44. The van der Waals surface area contributed by atoms with Gasteiger partial charge < -0.3 is 5.43 Å². The van der Waals surface area contributed by atoms with Gasteiger partial charge in [-0.2, -0.15) is 10.2 Å². The molecule has 23 heavy (non-hydrogen) atoms. The summed E-state index contributed by atoms with van der Waals surface area (Å²) < 4.78 is 25.4. The van der Waals surface area contributed by atoms with Gasteiger partial charge in [0.1, 0.15) is 0 Å². The van der Waals surface area contributed by atoms with Crippen molar-refractivity contribution in [3.8, 4) is 0 Å². The smallest absolute Gasteiger partial charge is 0.257 e. The molecule has 1 heterocycles. The number of halogens is 1. The predicted molar refractivity (Wildman–Crippen MR) is 92.4 cm³/mol. The van der Waals surface area contributed by atoms with E-state index in [-0.39, 0.29) is 4.90 Å². The molecule has 0 radical (unpaired) electrons. The molecular formula is C15H13BrN4O2S. The number of anilines is 1. The lowest BCUT2D eigenvalue weighted by Crippen LogP contribution is -2.29. The zero-order chi connectivity index (χ0) is 16.4. The lowest BCUT2D eigenvalue weighted by atomic mass is 10.2. The fourth-order valence-electron chi connectivity index (χ4n) is 2.07. The molecule has 0 unspecified atom stereocenters. The zero-order valence-corrected chi connectivity index (χ0v) is 14.5. The van der Waals surface area contributed by atoms with Crippen LogP contribution in [0.25, 0.3) is 10.9 Å². The summed E-state index contributed by atoms with van der Waals surface area (Å²) in [6.07, 6.45) is 1.46. The van der Waals surface area contributed by atoms with E-state index in [4.69, 9.17) is 0 Å². The topological polar surface area (TPSA) is 84.0 Å². The number of aromatic nitrogens is 2. The summed E-state index contributed by atoms with van der Waals surface area (Å²) in [6, 6.07) is 12.1. The van der Waals surface area contributed by atoms with Crippen LogP contribution in [0.4, 0.5) is 5.69 Å². The van der Waals surface area contributed by atoms with Gasteiger partial charge in [-0.25, -0.2) is 8.42 Å². The highest BCUT2D eigenvalue weighted by atomic mass is 79.9. The van der Waals surface area contributed by atoms with Crippen LogP contribution < -0.4 is 10.3 Å². The molecule has 118 valence electrons. The molecule has 0 saturated heterocycles. The van der Waals surface area contributed by atoms with E-state index < -0.39 is 10.0 Å². The van der Waals surface area contributed by atoms with E-state index in [2.05, 4.69) is 36.4 Å². The van der Waals surface area contributed by atoms with E-state index in [1.807, 2.05) is 19.1 Å². The van der Waals surface area contributed by atoms with E-state index in [1.54, 1.807) is 30.3 Å². The summed E-state index contributed by atoms with van der Waals surface area (Å²) in [5.41, 5.74) is 4.87. The third kappa shape index (κ3) is 3.34. The van der Waals surface area contributed by atoms with Crippen molar-refractivity contribution in [2.75, 3.05) is 5.43 Å². The molecule has 2 aromatic carbocycles. The number of hydrogen-bond acceptors (Lipinski definition) is 5. The first-order valence-electron chi connectivity index (χ1n) is 6.72. The molecule has 3 rings (SSSR count). The van der Waals surface area contributed by atoms with Crippen LogP contribution in [-0.2, 0) is 10.0 Å². The number of nitrogens with one attached hydrogen (secondary N) is 2. The first kappa shape index (κ1) is 15.9. The number of hydrazine groups is 1. The highest BCUT2D eigenvalue weighted by molar-refractivity contribution is 9.10. The summed E-state index contributed by atoms with van der Waals surface area (Å²) in [5.74, 6) is 0. The second kappa shape index (κ2) is 6.23. The van der Waals surface area contributed by atoms with Crippen LogP contribution in [0.3, 0.4) is 0 Å². The Morgan fingerprint density at radius 2 is 1.83 bits per heavy atom. The lowest BCUT2D eigenvalue weighted by Gasteiger charge is -2.11. The quantitative estimate of drug-likeness (QED) is 0.666. The van der Waals surface area contributed by atoms with E-state index in [0.29, 0.717) is 11.2 Å². The van der Waals surface area contributed by atoms with Gasteiger partial charge in [0.05, 0.1) is 22.3 Å². The molecule has 0 aliphatic rings. The van der Waals surface area contributed by atoms with E-state index in [9.17, 15) is 8.42 Å². The molecule has 6 nitrogen and oxygen atoms in total. The third-order valence-corrected chi connectivity index (χ3v) is 5.19. The zero-order valence-electron chi connectivity index (χ0n) is 12.1. The van der Waals surface area contributed by atoms with Crippen molar-refractivity contribution in [3.05, 3.63) is 58.7 Å². The standard InChI is InChI=1S/C15H13BrN4O2S/c1-10-5-7-11(8-6-10)23(21,22)20-19-14-9-17-18-13-4-2-3-12(16)15(13)14/h2-9,20H,1H3,(H,18,19). The molecular weight excluding hydrogens is 380 g/mol. The molecule has 1 aromatic heterocycles. The Kier molecular flexibility index (Phi) is 4.29. The van der Waals surface area contributed by atoms with Crippen molar-refractivity contribution in [2.45, 2.75) is 11.8 Å². The molecule has 0 atom stereocenters. The maximum atomic E-state index is 12.3. The minimum atomic E-state index is -3.68. The van der Waals surface area contributed by atoms with Gasteiger partial charge in [-0.15, -0.1) is 4.83 Å². The van der Waals surface area contributed by atoms with Crippen LogP contribution in [0, 0.1) is 6.92 Å². The molecule has 0 aliphatic heterocycles. The van der Waals surface area contributed by atoms with Gasteiger partial charge in [-0.1, -0.05) is 39.7 Å². The molecule has 3 aromatic rings. The number of rotatable bonds is 4. The van der Waals surface area contributed by atoms with E-state index in [1.165, 1.54) is 6.20 Å². The highest BCUT2D eigenvalue weighted by Crippen LogP contribution is 2.28. The maximum Gasteiger partial charge on any atom is 0.257 e. The van der Waals surface area contributed by atoms with Gasteiger partial charge in [-0.05, 0) is 31.2 Å². The number of fused-ring (bicyclic) bond motifs is 1. The van der Waals surface area contributed by atoms with E-state index in [0.717, 1.165) is 15.4 Å². The minimum Gasteiger partial charge on any atom is -0.305 e. The van der Waals surface area contributed by atoms with Gasteiger partial charge in [0.25, 0.3) is 10.0 Å². The molecule has 2 N–H and O–H groups in total. The second-order valence-corrected chi connectivity index (χ2v) is 7.47. The Morgan fingerprint density at radius 3 is 2.57 bits per heavy atom. The number of sulfonamides is 1. The van der Waals surface area contributed by atoms with Crippen molar-refractivity contribution in [1.82, 2.24) is 15.0 Å². The highest BCUT2D eigenvalue weighted by Gasteiger charge is 2.14. The number of nitrogens with zero attached hydrogens (tertiary/aromatic N) is 2. The first-order chi connectivity index (χ1) is 11.0. The molecule has 0 bridgehead atoms. The van der Waals surface area contributed by atoms with Crippen LogP contribution >= 0.6 is 15.9 Å². The Balaban J connectivity index is 1.90. The summed E-state index contributed by atoms with van der Waals surface area (Å²) in [4.78, 5) is 2.55. The van der Waals surface area contributed by atoms with Crippen LogP contribution in [0.5, 0.6) is 0 Å². The molecule has 0 fully saturated rings. The summed E-state index contributed by atoms with van der Waals surface area (Å²) in [7, 11) is -3.68. The maximum absolute atomic E-state index is 12.3. The van der Waals surface area contributed by atoms with Crippen molar-refractivity contribution >= 4 is 42.5 Å². The van der Waals surface area contributed by atoms with Crippen LogP contribution in [-0.4, -0.2) is 18.6 Å². The average Bonchev–Trinajstić information content (AvgIpc) is 2.53. The van der Waals surface area contributed by atoms with Crippen LogP contribution in [0.15, 0.2) is 58.0 Å². The molecule has 0 saturated carbocycles. The fourth-order valence-corrected chi connectivity index (χ4v) is 3.50. The van der Waals surface area contributed by atoms with Crippen molar-refractivity contribution in [2.24, 2.45) is 0 Å². The SMILES string of the molecule is Cc1ccc(S(=O)(=O)NNc2cnnc3cccc(Br)c23)cc1. The second-order valence-electron chi connectivity index (χ2n) is 4.94. The molecule has 0 spiro atoms. The summed E-state index contributed by atoms with van der Waals surface area (Å²) in [6.45, 7) is 1.90. The Hall–Kier alpha value is -2.03. The molecule has 0 amide bonds. The third-order valence-electron chi connectivity index (χ3n) is 3.26. The fraction of sp³-hybridized carbons (Fsp3) is 0.0667. The lowest BCUT2D eigenvalue weighted by molar-refractivity contribution is 0.588.